The summed E-state index contributed by atoms with van der Waals surface area (Å²) in [6, 6.07) is 9.90. The number of hydrogen-bond acceptors (Lipinski definition) is 5. The van der Waals surface area contributed by atoms with E-state index in [1.165, 1.54) is 44.0 Å². The van der Waals surface area contributed by atoms with Crippen LogP contribution in [0, 0.1) is 0 Å². The van der Waals surface area contributed by atoms with Crippen molar-refractivity contribution < 1.29 is 22.8 Å². The van der Waals surface area contributed by atoms with Crippen LogP contribution in [0.3, 0.4) is 0 Å². The molecule has 0 saturated carbocycles. The average molecular weight is 514 g/mol. The maximum Gasteiger partial charge on any atom is 0.244 e. The standard InChI is InChI=1S/C22H25Cl2N3O5S/c1-14(22(30)25-3)26(12-16-8-9-19(23)20(24)10-16)21(29)13-27(33(4,31)32)18-7-5-6-17(11-18)15(2)28/h5-11,14H,12-13H2,1-4H3,(H,25,30)/t14-/m0/s1. The molecule has 1 atom stereocenters. The molecular weight excluding hydrogens is 489 g/mol. The second kappa shape index (κ2) is 11.0. The third-order valence-electron chi connectivity index (χ3n) is 4.97. The predicted molar refractivity (Wildman–Crippen MR) is 129 cm³/mol. The van der Waals surface area contributed by atoms with Crippen LogP contribution in [0.25, 0.3) is 0 Å². The molecule has 0 radical (unpaired) electrons. The van der Waals surface area contributed by atoms with Crippen LogP contribution in [0.15, 0.2) is 42.5 Å². The fourth-order valence-electron chi connectivity index (χ4n) is 3.12. The fourth-order valence-corrected chi connectivity index (χ4v) is 4.28. The first-order valence-corrected chi connectivity index (χ1v) is 12.5. The van der Waals surface area contributed by atoms with Gasteiger partial charge in [0, 0.05) is 19.2 Å². The molecule has 0 aliphatic heterocycles. The van der Waals surface area contributed by atoms with Gasteiger partial charge in [-0.05, 0) is 43.7 Å². The molecular formula is C22H25Cl2N3O5S. The van der Waals surface area contributed by atoms with E-state index in [2.05, 4.69) is 5.32 Å². The number of benzene rings is 2. The van der Waals surface area contributed by atoms with E-state index in [0.717, 1.165) is 10.6 Å². The number of carbonyl (C=O) groups excluding carboxylic acids is 3. The van der Waals surface area contributed by atoms with Crippen molar-refractivity contribution in [2.45, 2.75) is 26.4 Å². The molecule has 178 valence electrons. The van der Waals surface area contributed by atoms with Crippen molar-refractivity contribution in [1.29, 1.82) is 0 Å². The number of anilines is 1. The molecule has 1 N–H and O–H groups in total. The van der Waals surface area contributed by atoms with E-state index in [9.17, 15) is 22.8 Å². The summed E-state index contributed by atoms with van der Waals surface area (Å²) in [7, 11) is -2.45. The number of nitrogens with one attached hydrogen (secondary N) is 1. The molecule has 2 aromatic rings. The van der Waals surface area contributed by atoms with Crippen LogP contribution in [-0.4, -0.2) is 56.8 Å². The first-order valence-electron chi connectivity index (χ1n) is 9.88. The molecule has 11 heteroatoms. The number of ketones is 1. The number of rotatable bonds is 9. The number of likely N-dealkylation sites (N-methyl/N-ethyl adjacent to an activating group) is 1. The molecule has 0 fully saturated rings. The Bertz CT molecular complexity index is 1170. The Balaban J connectivity index is 2.43. The Morgan fingerprint density at radius 1 is 1.06 bits per heavy atom. The minimum atomic E-state index is -3.89. The zero-order valence-corrected chi connectivity index (χ0v) is 21.0. The third-order valence-corrected chi connectivity index (χ3v) is 6.85. The van der Waals surface area contributed by atoms with Crippen molar-refractivity contribution in [3.8, 4) is 0 Å². The molecule has 0 unspecified atom stereocenters. The summed E-state index contributed by atoms with van der Waals surface area (Å²) in [5, 5.41) is 3.12. The highest BCUT2D eigenvalue weighted by Gasteiger charge is 2.30. The van der Waals surface area contributed by atoms with E-state index >= 15 is 0 Å². The molecule has 2 aromatic carbocycles. The van der Waals surface area contributed by atoms with Gasteiger partial charge in [0.15, 0.2) is 5.78 Å². The second-order valence-electron chi connectivity index (χ2n) is 7.44. The van der Waals surface area contributed by atoms with Gasteiger partial charge in [0.25, 0.3) is 0 Å². The van der Waals surface area contributed by atoms with E-state index in [1.807, 2.05) is 0 Å². The van der Waals surface area contributed by atoms with Crippen LogP contribution in [0.1, 0.15) is 29.8 Å². The quantitative estimate of drug-likeness (QED) is 0.518. The maximum absolute atomic E-state index is 13.3. The van der Waals surface area contributed by atoms with Crippen LogP contribution >= 0.6 is 23.2 Å². The number of halogens is 2. The minimum Gasteiger partial charge on any atom is -0.357 e. The first-order chi connectivity index (χ1) is 15.3. The number of carbonyl (C=O) groups is 3. The highest BCUT2D eigenvalue weighted by molar-refractivity contribution is 7.92. The van der Waals surface area contributed by atoms with E-state index in [-0.39, 0.29) is 23.0 Å². The summed E-state index contributed by atoms with van der Waals surface area (Å²) in [6.45, 7) is 2.33. The summed E-state index contributed by atoms with van der Waals surface area (Å²) in [4.78, 5) is 38.6. The molecule has 0 aliphatic rings. The van der Waals surface area contributed by atoms with Crippen molar-refractivity contribution in [1.82, 2.24) is 10.2 Å². The number of amides is 2. The van der Waals surface area contributed by atoms with Gasteiger partial charge in [-0.15, -0.1) is 0 Å². The molecule has 0 heterocycles. The second-order valence-corrected chi connectivity index (χ2v) is 10.2. The van der Waals surface area contributed by atoms with Crippen LogP contribution in [0.2, 0.25) is 10.0 Å². The SMILES string of the molecule is CNC(=O)[C@H](C)N(Cc1ccc(Cl)c(Cl)c1)C(=O)CN(c1cccc(C(C)=O)c1)S(C)(=O)=O. The van der Waals surface area contributed by atoms with Gasteiger partial charge in [-0.2, -0.15) is 0 Å². The van der Waals surface area contributed by atoms with Crippen molar-refractivity contribution >= 4 is 56.5 Å². The fraction of sp³-hybridized carbons (Fsp3) is 0.318. The monoisotopic (exact) mass is 513 g/mol. The van der Waals surface area contributed by atoms with Crippen molar-refractivity contribution in [2.24, 2.45) is 0 Å². The lowest BCUT2D eigenvalue weighted by Crippen LogP contribution is -2.50. The van der Waals surface area contributed by atoms with Gasteiger partial charge in [-0.1, -0.05) is 41.4 Å². The summed E-state index contributed by atoms with van der Waals surface area (Å²) in [6.07, 6.45) is 0.964. The molecule has 2 amide bonds. The molecule has 0 spiro atoms. The molecule has 0 bridgehead atoms. The zero-order chi connectivity index (χ0) is 24.9. The first kappa shape index (κ1) is 26.6. The zero-order valence-electron chi connectivity index (χ0n) is 18.6. The topological polar surface area (TPSA) is 104 Å². The number of hydrogen-bond donors (Lipinski definition) is 1. The Hall–Kier alpha value is -2.62. The summed E-state index contributed by atoms with van der Waals surface area (Å²) in [5.74, 6) is -1.28. The van der Waals surface area contributed by atoms with Gasteiger partial charge in [-0.3, -0.25) is 18.7 Å². The third kappa shape index (κ3) is 6.93. The molecule has 33 heavy (non-hydrogen) atoms. The lowest BCUT2D eigenvalue weighted by Gasteiger charge is -2.31. The largest absolute Gasteiger partial charge is 0.357 e. The van der Waals surface area contributed by atoms with Crippen LogP contribution in [0.4, 0.5) is 5.69 Å². The molecule has 2 rings (SSSR count). The van der Waals surface area contributed by atoms with Gasteiger partial charge in [0.1, 0.15) is 12.6 Å². The normalized spacial score (nSPS) is 12.1. The number of sulfonamides is 1. The predicted octanol–water partition coefficient (Wildman–Crippen LogP) is 3.13. The van der Waals surface area contributed by atoms with Crippen LogP contribution in [0.5, 0.6) is 0 Å². The lowest BCUT2D eigenvalue weighted by molar-refractivity contribution is -0.139. The average Bonchev–Trinajstić information content (AvgIpc) is 2.76. The van der Waals surface area contributed by atoms with Gasteiger partial charge in [0.05, 0.1) is 22.0 Å². The van der Waals surface area contributed by atoms with Crippen molar-refractivity contribution in [2.75, 3.05) is 24.2 Å². The molecule has 0 aliphatic carbocycles. The Labute approximate surface area is 203 Å². The Morgan fingerprint density at radius 2 is 1.73 bits per heavy atom. The highest BCUT2D eigenvalue weighted by Crippen LogP contribution is 2.24. The smallest absolute Gasteiger partial charge is 0.244 e. The van der Waals surface area contributed by atoms with Gasteiger partial charge >= 0.3 is 0 Å². The van der Waals surface area contributed by atoms with E-state index in [4.69, 9.17) is 23.2 Å². The Kier molecular flexibility index (Phi) is 8.88. The van der Waals surface area contributed by atoms with Gasteiger partial charge in [0.2, 0.25) is 21.8 Å². The van der Waals surface area contributed by atoms with E-state index < -0.39 is 34.4 Å². The van der Waals surface area contributed by atoms with Crippen LogP contribution in [-0.2, 0) is 26.2 Å². The summed E-state index contributed by atoms with van der Waals surface area (Å²) < 4.78 is 26.0. The molecule has 0 aromatic heterocycles. The summed E-state index contributed by atoms with van der Waals surface area (Å²) >= 11 is 12.0. The lowest BCUT2D eigenvalue weighted by atomic mass is 10.1. The number of nitrogens with zero attached hydrogens (tertiary/aromatic N) is 2. The summed E-state index contributed by atoms with van der Waals surface area (Å²) in [5.41, 5.74) is 1.08. The van der Waals surface area contributed by atoms with Crippen molar-refractivity contribution in [3.63, 3.8) is 0 Å². The van der Waals surface area contributed by atoms with E-state index in [1.54, 1.807) is 24.3 Å². The maximum atomic E-state index is 13.3. The van der Waals surface area contributed by atoms with Crippen LogP contribution < -0.4 is 9.62 Å². The van der Waals surface area contributed by atoms with Gasteiger partial charge < -0.3 is 10.2 Å². The number of Topliss-reactive ketones (excluding diaryl/α,β-unsaturated/α-hetero) is 1. The van der Waals surface area contributed by atoms with Gasteiger partial charge in [-0.25, -0.2) is 8.42 Å². The minimum absolute atomic E-state index is 0.00457. The van der Waals surface area contributed by atoms with Crippen molar-refractivity contribution in [3.05, 3.63) is 63.6 Å². The highest BCUT2D eigenvalue weighted by atomic mass is 35.5. The van der Waals surface area contributed by atoms with E-state index in [0.29, 0.717) is 16.1 Å². The molecule has 8 nitrogen and oxygen atoms in total. The Morgan fingerprint density at radius 3 is 2.27 bits per heavy atom. The molecule has 0 saturated heterocycles.